The van der Waals surface area contributed by atoms with Gasteiger partial charge in [0.15, 0.2) is 0 Å². The van der Waals surface area contributed by atoms with E-state index in [0.29, 0.717) is 11.3 Å². The summed E-state index contributed by atoms with van der Waals surface area (Å²) >= 11 is 5.97. The third kappa shape index (κ3) is 5.45. The highest BCUT2D eigenvalue weighted by atomic mass is 35.5. The van der Waals surface area contributed by atoms with Crippen molar-refractivity contribution in [3.05, 3.63) is 82.8 Å². The quantitative estimate of drug-likeness (QED) is 0.551. The van der Waals surface area contributed by atoms with Gasteiger partial charge in [0, 0.05) is 30.1 Å². The van der Waals surface area contributed by atoms with Gasteiger partial charge in [-0.25, -0.2) is 19.0 Å². The van der Waals surface area contributed by atoms with E-state index in [1.807, 2.05) is 0 Å². The van der Waals surface area contributed by atoms with Gasteiger partial charge < -0.3 is 20.1 Å². The van der Waals surface area contributed by atoms with E-state index in [1.165, 1.54) is 43.6 Å². The minimum absolute atomic E-state index is 0.0990. The van der Waals surface area contributed by atoms with Crippen LogP contribution in [0, 0.1) is 5.82 Å². The first-order valence-electron chi connectivity index (χ1n) is 8.76. The standard InChI is InChI=1S/C21H17ClFN3O4/c1-29-20(27)17-11-15(7-8-18(17)22)26-21(28)25-12-13-4-3-9-24-19(13)30-16-6-2-5-14(23)10-16/h2-11H,12H2,1H3,(H2,25,26,28). The van der Waals surface area contributed by atoms with Crippen LogP contribution in [0.1, 0.15) is 15.9 Å². The molecule has 0 aliphatic rings. The number of rotatable bonds is 6. The first-order chi connectivity index (χ1) is 14.5. The number of benzene rings is 2. The molecule has 2 aromatic carbocycles. The highest BCUT2D eigenvalue weighted by Crippen LogP contribution is 2.24. The van der Waals surface area contributed by atoms with Crippen molar-refractivity contribution in [2.24, 2.45) is 0 Å². The molecule has 0 unspecified atom stereocenters. The Morgan fingerprint density at radius 1 is 1.13 bits per heavy atom. The number of carbonyl (C=O) groups is 2. The van der Waals surface area contributed by atoms with Crippen molar-refractivity contribution in [2.45, 2.75) is 6.54 Å². The van der Waals surface area contributed by atoms with Crippen LogP contribution >= 0.6 is 11.6 Å². The van der Waals surface area contributed by atoms with Gasteiger partial charge in [-0.05, 0) is 36.4 Å². The Bertz CT molecular complexity index is 1080. The molecule has 3 rings (SSSR count). The van der Waals surface area contributed by atoms with Crippen LogP contribution in [-0.2, 0) is 11.3 Å². The molecule has 0 fully saturated rings. The number of hydrogen-bond donors (Lipinski definition) is 2. The third-order valence-corrected chi connectivity index (χ3v) is 4.26. The molecule has 3 aromatic rings. The highest BCUT2D eigenvalue weighted by molar-refractivity contribution is 6.33. The van der Waals surface area contributed by atoms with E-state index in [1.54, 1.807) is 24.3 Å². The molecule has 0 saturated carbocycles. The topological polar surface area (TPSA) is 89.5 Å². The average molecular weight is 430 g/mol. The number of ether oxygens (including phenoxy) is 2. The molecular weight excluding hydrogens is 413 g/mol. The minimum Gasteiger partial charge on any atom is -0.465 e. The van der Waals surface area contributed by atoms with Gasteiger partial charge in [-0.3, -0.25) is 0 Å². The average Bonchev–Trinajstić information content (AvgIpc) is 2.74. The van der Waals surface area contributed by atoms with Crippen LogP contribution in [0.4, 0.5) is 14.9 Å². The maximum atomic E-state index is 13.4. The van der Waals surface area contributed by atoms with Crippen LogP contribution in [0.3, 0.4) is 0 Å². The summed E-state index contributed by atoms with van der Waals surface area (Å²) in [6.07, 6.45) is 1.53. The second kappa shape index (κ2) is 9.71. The second-order valence-electron chi connectivity index (χ2n) is 6.02. The van der Waals surface area contributed by atoms with E-state index in [4.69, 9.17) is 16.3 Å². The van der Waals surface area contributed by atoms with Gasteiger partial charge in [0.1, 0.15) is 11.6 Å². The first-order valence-corrected chi connectivity index (χ1v) is 9.14. The molecular formula is C21H17ClFN3O4. The molecule has 154 valence electrons. The Balaban J connectivity index is 1.65. The molecule has 9 heteroatoms. The number of nitrogens with zero attached hydrogens (tertiary/aromatic N) is 1. The smallest absolute Gasteiger partial charge is 0.339 e. The van der Waals surface area contributed by atoms with Crippen molar-refractivity contribution in [3.63, 3.8) is 0 Å². The fourth-order valence-electron chi connectivity index (χ4n) is 2.51. The van der Waals surface area contributed by atoms with E-state index < -0.39 is 17.8 Å². The first kappa shape index (κ1) is 21.1. The van der Waals surface area contributed by atoms with Gasteiger partial charge in [-0.15, -0.1) is 0 Å². The summed E-state index contributed by atoms with van der Waals surface area (Å²) in [7, 11) is 1.24. The Hall–Kier alpha value is -3.65. The molecule has 7 nitrogen and oxygen atoms in total. The van der Waals surface area contributed by atoms with Crippen LogP contribution < -0.4 is 15.4 Å². The molecule has 0 atom stereocenters. The lowest BCUT2D eigenvalue weighted by molar-refractivity contribution is 0.0601. The van der Waals surface area contributed by atoms with Crippen molar-refractivity contribution in [3.8, 4) is 11.6 Å². The van der Waals surface area contributed by atoms with Gasteiger partial charge >= 0.3 is 12.0 Å². The molecule has 0 aliphatic carbocycles. The lowest BCUT2D eigenvalue weighted by Crippen LogP contribution is -2.28. The summed E-state index contributed by atoms with van der Waals surface area (Å²) in [5.74, 6) is -0.519. The normalized spacial score (nSPS) is 10.2. The van der Waals surface area contributed by atoms with Gasteiger partial charge in [-0.2, -0.15) is 0 Å². The van der Waals surface area contributed by atoms with Crippen molar-refractivity contribution in [1.82, 2.24) is 10.3 Å². The van der Waals surface area contributed by atoms with E-state index in [0.717, 1.165) is 0 Å². The van der Waals surface area contributed by atoms with E-state index in [9.17, 15) is 14.0 Å². The van der Waals surface area contributed by atoms with Gasteiger partial charge in [0.05, 0.1) is 17.7 Å². The molecule has 30 heavy (non-hydrogen) atoms. The van der Waals surface area contributed by atoms with Gasteiger partial charge in [-0.1, -0.05) is 23.7 Å². The molecule has 0 aliphatic heterocycles. The van der Waals surface area contributed by atoms with Crippen LogP contribution in [0.2, 0.25) is 5.02 Å². The number of nitrogens with one attached hydrogen (secondary N) is 2. The number of pyridine rings is 1. The number of anilines is 1. The van der Waals surface area contributed by atoms with E-state index in [-0.39, 0.29) is 28.8 Å². The van der Waals surface area contributed by atoms with Crippen LogP contribution in [0.25, 0.3) is 0 Å². The number of urea groups is 1. The largest absolute Gasteiger partial charge is 0.465 e. The molecule has 0 radical (unpaired) electrons. The zero-order valence-electron chi connectivity index (χ0n) is 15.8. The van der Waals surface area contributed by atoms with Crippen molar-refractivity contribution in [1.29, 1.82) is 0 Å². The maximum Gasteiger partial charge on any atom is 0.339 e. The Kier molecular flexibility index (Phi) is 6.82. The fourth-order valence-corrected chi connectivity index (χ4v) is 2.71. The monoisotopic (exact) mass is 429 g/mol. The minimum atomic E-state index is -0.612. The molecule has 1 heterocycles. The van der Waals surface area contributed by atoms with Crippen molar-refractivity contribution >= 4 is 29.3 Å². The summed E-state index contributed by atoms with van der Waals surface area (Å²) in [4.78, 5) is 28.1. The lowest BCUT2D eigenvalue weighted by atomic mass is 10.2. The Morgan fingerprint density at radius 3 is 2.73 bits per heavy atom. The maximum absolute atomic E-state index is 13.4. The number of amides is 2. The molecule has 2 amide bonds. The molecule has 0 bridgehead atoms. The SMILES string of the molecule is COC(=O)c1cc(NC(=O)NCc2cccnc2Oc2cccc(F)c2)ccc1Cl. The number of carbonyl (C=O) groups excluding carboxylic acids is 2. The van der Waals surface area contributed by atoms with E-state index in [2.05, 4.69) is 20.4 Å². The Labute approximate surface area is 176 Å². The second-order valence-corrected chi connectivity index (χ2v) is 6.43. The highest BCUT2D eigenvalue weighted by Gasteiger charge is 2.13. The zero-order chi connectivity index (χ0) is 21.5. The lowest BCUT2D eigenvalue weighted by Gasteiger charge is -2.12. The number of methoxy groups -OCH3 is 1. The predicted molar refractivity (Wildman–Crippen MR) is 109 cm³/mol. The van der Waals surface area contributed by atoms with Crippen LogP contribution in [0.15, 0.2) is 60.8 Å². The zero-order valence-corrected chi connectivity index (χ0v) is 16.6. The number of halogens is 2. The number of hydrogen-bond acceptors (Lipinski definition) is 5. The molecule has 2 N–H and O–H groups in total. The summed E-state index contributed by atoms with van der Waals surface area (Å²) in [6, 6.07) is 13.0. The summed E-state index contributed by atoms with van der Waals surface area (Å²) in [6.45, 7) is 0.0990. The molecule has 0 saturated heterocycles. The molecule has 0 spiro atoms. The third-order valence-electron chi connectivity index (χ3n) is 3.93. The van der Waals surface area contributed by atoms with E-state index >= 15 is 0 Å². The summed E-state index contributed by atoms with van der Waals surface area (Å²) in [5.41, 5.74) is 1.08. The van der Waals surface area contributed by atoms with Crippen LogP contribution in [0.5, 0.6) is 11.6 Å². The van der Waals surface area contributed by atoms with Crippen molar-refractivity contribution in [2.75, 3.05) is 12.4 Å². The Morgan fingerprint density at radius 2 is 1.97 bits per heavy atom. The van der Waals surface area contributed by atoms with Crippen molar-refractivity contribution < 1.29 is 23.5 Å². The summed E-state index contributed by atoms with van der Waals surface area (Å²) < 4.78 is 23.6. The number of esters is 1. The summed E-state index contributed by atoms with van der Waals surface area (Å²) in [5, 5.41) is 5.49. The predicted octanol–water partition coefficient (Wildman–Crippen LogP) is 4.77. The van der Waals surface area contributed by atoms with Crippen LogP contribution in [-0.4, -0.2) is 24.1 Å². The fraction of sp³-hybridized carbons (Fsp3) is 0.0952. The van der Waals surface area contributed by atoms with Gasteiger partial charge in [0.25, 0.3) is 0 Å². The number of aromatic nitrogens is 1. The molecule has 1 aromatic heterocycles. The van der Waals surface area contributed by atoms with Gasteiger partial charge in [0.2, 0.25) is 5.88 Å².